The smallest absolute Gasteiger partial charge is 0.236 e. The molecule has 0 unspecified atom stereocenters. The summed E-state index contributed by atoms with van der Waals surface area (Å²) in [5.41, 5.74) is 0.426. The van der Waals surface area contributed by atoms with E-state index in [4.69, 9.17) is 5.26 Å². The predicted octanol–water partition coefficient (Wildman–Crippen LogP) is 1.16. The van der Waals surface area contributed by atoms with Crippen molar-refractivity contribution in [3.8, 4) is 6.07 Å². The van der Waals surface area contributed by atoms with Crippen molar-refractivity contribution < 1.29 is 4.79 Å². The first-order valence-electron chi connectivity index (χ1n) is 8.13. The molecule has 0 aromatic carbocycles. The Labute approximate surface area is 137 Å². The van der Waals surface area contributed by atoms with Gasteiger partial charge in [0.2, 0.25) is 5.91 Å². The van der Waals surface area contributed by atoms with Crippen LogP contribution in [-0.2, 0) is 4.79 Å². The quantitative estimate of drug-likeness (QED) is 0.883. The van der Waals surface area contributed by atoms with Crippen LogP contribution in [0.1, 0.15) is 18.5 Å². The summed E-state index contributed by atoms with van der Waals surface area (Å²) in [6.45, 7) is 2.28. The Balaban J connectivity index is 1.67. The summed E-state index contributed by atoms with van der Waals surface area (Å²) in [7, 11) is 3.59. The number of amides is 1. The van der Waals surface area contributed by atoms with Gasteiger partial charge in [0.05, 0.1) is 6.54 Å². The molecule has 1 saturated carbocycles. The van der Waals surface area contributed by atoms with Crippen molar-refractivity contribution in [2.45, 2.75) is 18.9 Å². The molecule has 122 valence electrons. The molecule has 2 aliphatic rings. The average molecular weight is 313 g/mol. The van der Waals surface area contributed by atoms with E-state index in [9.17, 15) is 4.79 Å². The molecule has 6 heteroatoms. The summed E-state index contributed by atoms with van der Waals surface area (Å²) in [6.07, 6.45) is 2.56. The zero-order chi connectivity index (χ0) is 16.4. The zero-order valence-corrected chi connectivity index (χ0v) is 13.7. The number of nitrogens with zero attached hydrogens (tertiary/aromatic N) is 4. The van der Waals surface area contributed by atoms with E-state index >= 15 is 0 Å². The van der Waals surface area contributed by atoms with E-state index in [-0.39, 0.29) is 5.91 Å². The van der Waals surface area contributed by atoms with Crippen molar-refractivity contribution in [1.82, 2.24) is 14.8 Å². The van der Waals surface area contributed by atoms with Crippen LogP contribution in [-0.4, -0.2) is 60.5 Å². The number of carbonyl (C=O) groups is 1. The number of rotatable bonds is 5. The van der Waals surface area contributed by atoms with Crippen LogP contribution in [0.5, 0.6) is 0 Å². The fourth-order valence-electron chi connectivity index (χ4n) is 3.30. The number of nitriles is 1. The van der Waals surface area contributed by atoms with Crippen molar-refractivity contribution in [1.29, 1.82) is 5.26 Å². The highest BCUT2D eigenvalue weighted by atomic mass is 16.2. The van der Waals surface area contributed by atoms with Crippen LogP contribution in [0, 0.1) is 23.2 Å². The zero-order valence-electron chi connectivity index (χ0n) is 13.7. The van der Waals surface area contributed by atoms with Crippen LogP contribution in [0.4, 0.5) is 5.82 Å². The highest BCUT2D eigenvalue weighted by Gasteiger charge is 2.42. The molecule has 23 heavy (non-hydrogen) atoms. The van der Waals surface area contributed by atoms with E-state index < -0.39 is 0 Å². The molecule has 0 bridgehead atoms. The molecular weight excluding hydrogens is 290 g/mol. The van der Waals surface area contributed by atoms with Gasteiger partial charge in [0.25, 0.3) is 0 Å². The van der Waals surface area contributed by atoms with Gasteiger partial charge >= 0.3 is 0 Å². The first-order chi connectivity index (χ1) is 11.1. The van der Waals surface area contributed by atoms with Gasteiger partial charge in [-0.05, 0) is 36.8 Å². The number of pyridine rings is 1. The molecule has 1 amide bonds. The van der Waals surface area contributed by atoms with Crippen LogP contribution in [0.15, 0.2) is 18.2 Å². The van der Waals surface area contributed by atoms with Crippen LogP contribution < -0.4 is 5.32 Å². The molecule has 3 rings (SSSR count). The second-order valence-electron chi connectivity index (χ2n) is 6.75. The third-order valence-corrected chi connectivity index (χ3v) is 4.72. The van der Waals surface area contributed by atoms with E-state index in [0.29, 0.717) is 24.2 Å². The largest absolute Gasteiger partial charge is 0.366 e. The van der Waals surface area contributed by atoms with Crippen molar-refractivity contribution in [2.24, 2.45) is 11.8 Å². The maximum absolute atomic E-state index is 12.0. The highest BCUT2D eigenvalue weighted by molar-refractivity contribution is 5.77. The molecule has 1 aliphatic carbocycles. The second-order valence-corrected chi connectivity index (χ2v) is 6.75. The van der Waals surface area contributed by atoms with E-state index in [1.807, 2.05) is 12.1 Å². The number of hydrogen-bond donors (Lipinski definition) is 1. The first kappa shape index (κ1) is 15.8. The van der Waals surface area contributed by atoms with Crippen LogP contribution in [0.25, 0.3) is 0 Å². The summed E-state index contributed by atoms with van der Waals surface area (Å²) < 4.78 is 0. The molecule has 0 spiro atoms. The monoisotopic (exact) mass is 313 g/mol. The van der Waals surface area contributed by atoms with Gasteiger partial charge in [0, 0.05) is 33.2 Å². The number of likely N-dealkylation sites (N-methyl/N-ethyl adjacent to an activating group) is 1. The lowest BCUT2D eigenvalue weighted by Gasteiger charge is -2.20. The van der Waals surface area contributed by atoms with Gasteiger partial charge in [-0.3, -0.25) is 9.69 Å². The lowest BCUT2D eigenvalue weighted by Crippen LogP contribution is -2.36. The van der Waals surface area contributed by atoms with Crippen LogP contribution in [0.3, 0.4) is 0 Å². The lowest BCUT2D eigenvalue weighted by atomic mass is 9.98. The molecule has 6 nitrogen and oxygen atoms in total. The predicted molar refractivity (Wildman–Crippen MR) is 87.7 cm³/mol. The third-order valence-electron chi connectivity index (χ3n) is 4.72. The summed E-state index contributed by atoms with van der Waals surface area (Å²) in [4.78, 5) is 20.1. The number of hydrogen-bond acceptors (Lipinski definition) is 5. The maximum Gasteiger partial charge on any atom is 0.236 e. The molecule has 0 radical (unpaired) electrons. The minimum Gasteiger partial charge on any atom is -0.366 e. The number of aromatic nitrogens is 1. The van der Waals surface area contributed by atoms with E-state index in [2.05, 4.69) is 21.3 Å². The van der Waals surface area contributed by atoms with Gasteiger partial charge in [0.15, 0.2) is 0 Å². The fraction of sp³-hybridized carbons (Fsp3) is 0.588. The number of anilines is 1. The molecular formula is C17H23N5O. The molecule has 2 atom stereocenters. The summed E-state index contributed by atoms with van der Waals surface area (Å²) in [5.74, 6) is 2.20. The Morgan fingerprint density at radius 3 is 2.87 bits per heavy atom. The van der Waals surface area contributed by atoms with Crippen LogP contribution >= 0.6 is 0 Å². The van der Waals surface area contributed by atoms with Gasteiger partial charge in [-0.2, -0.15) is 5.26 Å². The molecule has 1 aromatic heterocycles. The summed E-state index contributed by atoms with van der Waals surface area (Å²) in [6, 6.07) is 7.82. The van der Waals surface area contributed by atoms with E-state index in [1.165, 1.54) is 12.8 Å². The summed E-state index contributed by atoms with van der Waals surface area (Å²) >= 11 is 0. The molecule has 1 aromatic rings. The summed E-state index contributed by atoms with van der Waals surface area (Å²) in [5, 5.41) is 12.5. The van der Waals surface area contributed by atoms with Crippen molar-refractivity contribution in [2.75, 3.05) is 39.0 Å². The van der Waals surface area contributed by atoms with Crippen molar-refractivity contribution in [3.63, 3.8) is 0 Å². The van der Waals surface area contributed by atoms with Gasteiger partial charge < -0.3 is 10.2 Å². The highest BCUT2D eigenvalue weighted by Crippen LogP contribution is 2.42. The Kier molecular flexibility index (Phi) is 4.49. The molecule has 1 aliphatic heterocycles. The van der Waals surface area contributed by atoms with Gasteiger partial charge in [0.1, 0.15) is 17.6 Å². The third kappa shape index (κ3) is 3.80. The van der Waals surface area contributed by atoms with E-state index in [0.717, 1.165) is 24.8 Å². The standard InChI is InChI=1S/C17H23N5O/c1-21(2)17(23)11-22-9-14(12-6-7-12)15(10-22)20-16-5-3-4-13(8-18)19-16/h3-5,12,14-15H,6-7,9-11H2,1-2H3,(H,19,20)/t14-,15+/m1/s1. The normalized spacial score (nSPS) is 24.2. The number of likely N-dealkylation sites (tertiary alicyclic amines) is 1. The van der Waals surface area contributed by atoms with Gasteiger partial charge in [-0.25, -0.2) is 4.98 Å². The topological polar surface area (TPSA) is 72.3 Å². The van der Waals surface area contributed by atoms with Crippen molar-refractivity contribution >= 4 is 11.7 Å². The van der Waals surface area contributed by atoms with Gasteiger partial charge in [-0.1, -0.05) is 6.07 Å². The van der Waals surface area contributed by atoms with E-state index in [1.54, 1.807) is 25.1 Å². The number of nitrogens with one attached hydrogen (secondary N) is 1. The maximum atomic E-state index is 12.0. The Bertz CT molecular complexity index is 620. The fourth-order valence-corrected chi connectivity index (χ4v) is 3.30. The number of carbonyl (C=O) groups excluding carboxylic acids is 1. The lowest BCUT2D eigenvalue weighted by molar-refractivity contribution is -0.129. The second kappa shape index (κ2) is 6.55. The Hall–Kier alpha value is -2.13. The SMILES string of the molecule is CN(C)C(=O)CN1C[C@H](Nc2cccc(C#N)n2)[C@@H](C2CC2)C1. The molecule has 1 saturated heterocycles. The minimum atomic E-state index is 0.143. The average Bonchev–Trinajstić information content (AvgIpc) is 3.30. The Morgan fingerprint density at radius 2 is 2.22 bits per heavy atom. The van der Waals surface area contributed by atoms with Crippen molar-refractivity contribution in [3.05, 3.63) is 23.9 Å². The molecule has 2 heterocycles. The first-order valence-corrected chi connectivity index (χ1v) is 8.13. The Morgan fingerprint density at radius 1 is 1.43 bits per heavy atom. The minimum absolute atomic E-state index is 0.143. The van der Waals surface area contributed by atoms with Gasteiger partial charge in [-0.15, -0.1) is 0 Å². The van der Waals surface area contributed by atoms with Crippen LogP contribution in [0.2, 0.25) is 0 Å². The molecule has 1 N–H and O–H groups in total. The molecule has 2 fully saturated rings.